The summed E-state index contributed by atoms with van der Waals surface area (Å²) in [6, 6.07) is 0. The maximum atomic E-state index is 13.3. The lowest BCUT2D eigenvalue weighted by Gasteiger charge is -2.45. The summed E-state index contributed by atoms with van der Waals surface area (Å²) in [5.41, 5.74) is 0. The zero-order valence-electron chi connectivity index (χ0n) is 24.8. The fourth-order valence-electron chi connectivity index (χ4n) is 4.50. The molecule has 0 aromatic carbocycles. The van der Waals surface area contributed by atoms with Gasteiger partial charge in [0, 0.05) is 26.4 Å². The van der Waals surface area contributed by atoms with E-state index < -0.39 is 24.6 Å². The summed E-state index contributed by atoms with van der Waals surface area (Å²) >= 11 is 0. The molecule has 7 heteroatoms. The van der Waals surface area contributed by atoms with Gasteiger partial charge in [-0.05, 0) is 38.5 Å². The van der Waals surface area contributed by atoms with Crippen molar-refractivity contribution in [2.24, 2.45) is 5.92 Å². The molecule has 1 aliphatic rings. The summed E-state index contributed by atoms with van der Waals surface area (Å²) in [5, 5.41) is 0. The van der Waals surface area contributed by atoms with Gasteiger partial charge in [-0.2, -0.15) is 0 Å². The fourth-order valence-corrected chi connectivity index (χ4v) is 4.50. The summed E-state index contributed by atoms with van der Waals surface area (Å²) in [4.78, 5) is 13.3. The molecule has 0 saturated carbocycles. The van der Waals surface area contributed by atoms with Crippen molar-refractivity contribution < 1.29 is 33.2 Å². The first-order valence-electron chi connectivity index (χ1n) is 15.4. The van der Waals surface area contributed by atoms with E-state index in [-0.39, 0.29) is 18.0 Å². The molecule has 1 aliphatic heterocycles. The zero-order valence-corrected chi connectivity index (χ0v) is 24.8. The molecular formula is C30H58O7. The molecule has 7 nitrogen and oxygen atoms in total. The maximum Gasteiger partial charge on any atom is 0.311 e. The Balaban J connectivity index is 3.23. The van der Waals surface area contributed by atoms with E-state index in [2.05, 4.69) is 41.5 Å². The van der Waals surface area contributed by atoms with Crippen molar-refractivity contribution in [2.45, 2.75) is 149 Å². The molecule has 0 unspecified atom stereocenters. The lowest BCUT2D eigenvalue weighted by Crippen LogP contribution is -2.62. The lowest BCUT2D eigenvalue weighted by molar-refractivity contribution is -0.316. The van der Waals surface area contributed by atoms with E-state index in [1.54, 1.807) is 0 Å². The van der Waals surface area contributed by atoms with Gasteiger partial charge in [0.2, 0.25) is 6.29 Å². The van der Waals surface area contributed by atoms with Crippen LogP contribution in [0.15, 0.2) is 0 Å². The zero-order chi connectivity index (χ0) is 27.3. The molecule has 1 rings (SSSR count). The predicted octanol–water partition coefficient (Wildman–Crippen LogP) is 6.84. The number of ether oxygens (including phenoxy) is 6. The monoisotopic (exact) mass is 530 g/mol. The number of hydrogen-bond acceptors (Lipinski definition) is 7. The highest BCUT2D eigenvalue weighted by Gasteiger charge is 2.50. The quantitative estimate of drug-likeness (QED) is 0.106. The Bertz CT molecular complexity index is 538. The second-order valence-corrected chi connectivity index (χ2v) is 10.2. The molecule has 1 heterocycles. The van der Waals surface area contributed by atoms with E-state index in [0.29, 0.717) is 33.0 Å². The first kappa shape index (κ1) is 34.3. The normalized spacial score (nSPS) is 24.0. The number of unbranched alkanes of at least 4 members (excludes halogenated alkanes) is 4. The molecule has 0 aromatic rings. The van der Waals surface area contributed by atoms with Crippen molar-refractivity contribution in [3.8, 4) is 0 Å². The van der Waals surface area contributed by atoms with E-state index in [1.807, 2.05) is 0 Å². The Hall–Kier alpha value is -0.730. The second-order valence-electron chi connectivity index (χ2n) is 10.2. The van der Waals surface area contributed by atoms with E-state index in [1.165, 1.54) is 0 Å². The van der Waals surface area contributed by atoms with Gasteiger partial charge in [-0.3, -0.25) is 4.79 Å². The molecule has 37 heavy (non-hydrogen) atoms. The Morgan fingerprint density at radius 2 is 1.14 bits per heavy atom. The third kappa shape index (κ3) is 13.3. The third-order valence-electron chi connectivity index (χ3n) is 6.78. The van der Waals surface area contributed by atoms with Gasteiger partial charge in [0.05, 0.1) is 12.5 Å². The van der Waals surface area contributed by atoms with Gasteiger partial charge < -0.3 is 28.4 Å². The standard InChI is InChI=1S/C30H58O7/c1-7-13-19-32-23-25-26(33-20-14-8-2)27(34-21-15-9-3)28(35-22-16-10-4)30(36-25)37-29(31)24(17-11-5)18-12-6/h24-28,30H,7-23H2,1-6H3/t25-,26-,27+,28-,30-/m1/s1. The van der Waals surface area contributed by atoms with Crippen molar-refractivity contribution in [1.82, 2.24) is 0 Å². The van der Waals surface area contributed by atoms with Gasteiger partial charge >= 0.3 is 5.97 Å². The highest BCUT2D eigenvalue weighted by molar-refractivity contribution is 5.72. The Morgan fingerprint density at radius 3 is 1.65 bits per heavy atom. The van der Waals surface area contributed by atoms with Gasteiger partial charge in [-0.1, -0.05) is 80.1 Å². The van der Waals surface area contributed by atoms with Crippen LogP contribution in [0.5, 0.6) is 0 Å². The van der Waals surface area contributed by atoms with Crippen LogP contribution >= 0.6 is 0 Å². The van der Waals surface area contributed by atoms with Gasteiger partial charge in [0.15, 0.2) is 0 Å². The van der Waals surface area contributed by atoms with Crippen LogP contribution < -0.4 is 0 Å². The van der Waals surface area contributed by atoms with Crippen molar-refractivity contribution >= 4 is 5.97 Å². The topological polar surface area (TPSA) is 72.5 Å². The van der Waals surface area contributed by atoms with Gasteiger partial charge in [-0.15, -0.1) is 0 Å². The van der Waals surface area contributed by atoms with Crippen molar-refractivity contribution in [3.05, 3.63) is 0 Å². The largest absolute Gasteiger partial charge is 0.432 e. The van der Waals surface area contributed by atoms with Crippen LogP contribution in [0, 0.1) is 5.92 Å². The molecule has 1 saturated heterocycles. The van der Waals surface area contributed by atoms with Crippen LogP contribution in [0.3, 0.4) is 0 Å². The average Bonchev–Trinajstić information content (AvgIpc) is 2.89. The van der Waals surface area contributed by atoms with Crippen LogP contribution in [0.1, 0.15) is 119 Å². The summed E-state index contributed by atoms with van der Waals surface area (Å²) in [5.74, 6) is -0.340. The number of carbonyl (C=O) groups is 1. The second kappa shape index (κ2) is 22.1. The summed E-state index contributed by atoms with van der Waals surface area (Å²) in [6.07, 6.45) is 8.89. The highest BCUT2D eigenvalue weighted by Crippen LogP contribution is 2.31. The molecule has 0 aromatic heterocycles. The van der Waals surface area contributed by atoms with Crippen LogP contribution in [0.4, 0.5) is 0 Å². The first-order chi connectivity index (χ1) is 18.1. The molecule has 0 bridgehead atoms. The van der Waals surface area contributed by atoms with Crippen LogP contribution in [-0.4, -0.2) is 69.7 Å². The van der Waals surface area contributed by atoms with Gasteiger partial charge in [0.1, 0.15) is 24.4 Å². The molecule has 1 fully saturated rings. The van der Waals surface area contributed by atoms with Crippen molar-refractivity contribution in [2.75, 3.05) is 33.0 Å². The molecule has 0 amide bonds. The molecule has 0 N–H and O–H groups in total. The van der Waals surface area contributed by atoms with Crippen LogP contribution in [0.2, 0.25) is 0 Å². The predicted molar refractivity (Wildman–Crippen MR) is 148 cm³/mol. The molecule has 5 atom stereocenters. The fraction of sp³-hybridized carbons (Fsp3) is 0.967. The van der Waals surface area contributed by atoms with Gasteiger partial charge in [0.25, 0.3) is 0 Å². The van der Waals surface area contributed by atoms with E-state index in [4.69, 9.17) is 28.4 Å². The highest BCUT2D eigenvalue weighted by atomic mass is 16.7. The minimum absolute atomic E-state index is 0.132. The minimum Gasteiger partial charge on any atom is -0.432 e. The van der Waals surface area contributed by atoms with Gasteiger partial charge in [-0.25, -0.2) is 0 Å². The Kier molecular flexibility index (Phi) is 20.5. The van der Waals surface area contributed by atoms with Crippen molar-refractivity contribution in [3.63, 3.8) is 0 Å². The number of rotatable bonds is 23. The average molecular weight is 531 g/mol. The number of esters is 1. The lowest BCUT2D eigenvalue weighted by atomic mass is 9.97. The molecule has 0 radical (unpaired) electrons. The Morgan fingerprint density at radius 1 is 0.649 bits per heavy atom. The SMILES string of the molecule is CCCCOC[C@H]1O[C@H](OC(=O)C(CCC)CCC)[C@H](OCCCC)[C@@H](OCCCC)[C@@H]1OCCCC. The minimum atomic E-state index is -0.849. The van der Waals surface area contributed by atoms with Crippen molar-refractivity contribution in [1.29, 1.82) is 0 Å². The summed E-state index contributed by atoms with van der Waals surface area (Å²) in [7, 11) is 0. The summed E-state index contributed by atoms with van der Waals surface area (Å²) in [6.45, 7) is 15.6. The van der Waals surface area contributed by atoms with E-state index >= 15 is 0 Å². The molecule has 220 valence electrons. The first-order valence-corrected chi connectivity index (χ1v) is 15.4. The van der Waals surface area contributed by atoms with E-state index in [9.17, 15) is 4.79 Å². The number of hydrogen-bond donors (Lipinski definition) is 0. The Labute approximate surface area is 227 Å². The molecule has 0 spiro atoms. The van der Waals surface area contributed by atoms with E-state index in [0.717, 1.165) is 77.0 Å². The van der Waals surface area contributed by atoms with Crippen LogP contribution in [0.25, 0.3) is 0 Å². The third-order valence-corrected chi connectivity index (χ3v) is 6.78. The molecular weight excluding hydrogens is 472 g/mol. The summed E-state index contributed by atoms with van der Waals surface area (Å²) < 4.78 is 37.8. The maximum absolute atomic E-state index is 13.3. The van der Waals surface area contributed by atoms with Crippen LogP contribution in [-0.2, 0) is 33.2 Å². The molecule has 0 aliphatic carbocycles. The number of carbonyl (C=O) groups excluding carboxylic acids is 1. The smallest absolute Gasteiger partial charge is 0.311 e.